The summed E-state index contributed by atoms with van der Waals surface area (Å²) in [7, 11) is -4.09. The van der Waals surface area contributed by atoms with Crippen molar-refractivity contribution < 1.29 is 35.9 Å². The summed E-state index contributed by atoms with van der Waals surface area (Å²) in [5.41, 5.74) is 0.740. The highest BCUT2D eigenvalue weighted by Gasteiger charge is 2.31. The zero-order valence-corrected chi connectivity index (χ0v) is 14.0. The molecule has 10 heteroatoms. The molecule has 0 bridgehead atoms. The zero-order chi connectivity index (χ0) is 19.2. The van der Waals surface area contributed by atoms with Crippen LogP contribution < -0.4 is 9.46 Å². The van der Waals surface area contributed by atoms with Crippen LogP contribution >= 0.6 is 0 Å². The van der Waals surface area contributed by atoms with Gasteiger partial charge in [-0.3, -0.25) is 4.79 Å². The van der Waals surface area contributed by atoms with E-state index >= 15 is 0 Å². The van der Waals surface area contributed by atoms with Crippen molar-refractivity contribution in [2.24, 2.45) is 0 Å². The molecule has 2 rings (SSSR count). The Morgan fingerprint density at radius 2 is 1.62 bits per heavy atom. The van der Waals surface area contributed by atoms with Crippen molar-refractivity contribution in [2.75, 3.05) is 6.54 Å². The Balaban J connectivity index is 1.88. The number of sulfonamides is 1. The van der Waals surface area contributed by atoms with Crippen LogP contribution in [0.3, 0.4) is 0 Å². The monoisotopic (exact) mass is 389 g/mol. The molecule has 0 aliphatic rings. The number of carbonyl (C=O) groups excluding carboxylic acids is 1. The molecule has 0 aliphatic carbocycles. The van der Waals surface area contributed by atoms with Crippen molar-refractivity contribution in [3.8, 4) is 5.75 Å². The van der Waals surface area contributed by atoms with Gasteiger partial charge in [0.25, 0.3) is 0 Å². The number of nitrogens with one attached hydrogen (secondary N) is 1. The number of hydrogen-bond donors (Lipinski definition) is 1. The standard InChI is InChI=1S/C16H14F3NO5S/c17-16(18,19)25-13-6-8-14(9-7-13)26(22,23)20-10-15(21)24-11-12-4-2-1-3-5-12/h1-9,20H,10-11H2. The first kappa shape index (κ1) is 19.7. The van der Waals surface area contributed by atoms with Crippen molar-refractivity contribution in [3.63, 3.8) is 0 Å². The summed E-state index contributed by atoms with van der Waals surface area (Å²) < 4.78 is 70.9. The lowest BCUT2D eigenvalue weighted by molar-refractivity contribution is -0.274. The number of carbonyl (C=O) groups is 1. The van der Waals surface area contributed by atoms with Gasteiger partial charge in [-0.25, -0.2) is 8.42 Å². The number of hydrogen-bond acceptors (Lipinski definition) is 5. The first-order valence-electron chi connectivity index (χ1n) is 7.21. The molecule has 2 aromatic rings. The van der Waals surface area contributed by atoms with E-state index in [9.17, 15) is 26.4 Å². The summed E-state index contributed by atoms with van der Waals surface area (Å²) >= 11 is 0. The van der Waals surface area contributed by atoms with E-state index in [1.54, 1.807) is 30.3 Å². The maximum absolute atomic E-state index is 12.1. The molecule has 0 amide bonds. The summed E-state index contributed by atoms with van der Waals surface area (Å²) in [6.45, 7) is -0.624. The Morgan fingerprint density at radius 3 is 2.19 bits per heavy atom. The molecule has 0 atom stereocenters. The number of benzene rings is 2. The third kappa shape index (κ3) is 6.37. The molecule has 2 aromatic carbocycles. The predicted molar refractivity (Wildman–Crippen MR) is 84.6 cm³/mol. The van der Waals surface area contributed by atoms with E-state index in [2.05, 4.69) is 4.74 Å². The van der Waals surface area contributed by atoms with E-state index in [1.807, 2.05) is 4.72 Å². The van der Waals surface area contributed by atoms with Crippen LogP contribution in [0.4, 0.5) is 13.2 Å². The molecule has 0 unspecified atom stereocenters. The molecule has 0 saturated heterocycles. The molecular weight excluding hydrogens is 375 g/mol. The van der Waals surface area contributed by atoms with Crippen molar-refractivity contribution in [1.29, 1.82) is 0 Å². The highest BCUT2D eigenvalue weighted by atomic mass is 32.2. The second-order valence-electron chi connectivity index (χ2n) is 4.99. The van der Waals surface area contributed by atoms with E-state index in [-0.39, 0.29) is 11.5 Å². The largest absolute Gasteiger partial charge is 0.573 e. The highest BCUT2D eigenvalue weighted by molar-refractivity contribution is 7.89. The molecule has 0 radical (unpaired) electrons. The van der Waals surface area contributed by atoms with Crippen molar-refractivity contribution in [2.45, 2.75) is 17.9 Å². The van der Waals surface area contributed by atoms with E-state index in [4.69, 9.17) is 4.74 Å². The molecule has 0 fully saturated rings. The van der Waals surface area contributed by atoms with Crippen LogP contribution in [0.2, 0.25) is 0 Å². The van der Waals surface area contributed by atoms with E-state index in [0.29, 0.717) is 0 Å². The van der Waals surface area contributed by atoms with E-state index in [0.717, 1.165) is 29.8 Å². The average Bonchev–Trinajstić information content (AvgIpc) is 2.58. The molecule has 140 valence electrons. The first-order valence-corrected chi connectivity index (χ1v) is 8.69. The SMILES string of the molecule is O=C(CNS(=O)(=O)c1ccc(OC(F)(F)F)cc1)OCc1ccccc1. The van der Waals surface area contributed by atoms with E-state index in [1.165, 1.54) is 0 Å². The number of halogens is 3. The summed E-state index contributed by atoms with van der Waals surface area (Å²) in [4.78, 5) is 11.3. The van der Waals surface area contributed by atoms with Gasteiger partial charge in [0.1, 0.15) is 18.9 Å². The normalized spacial score (nSPS) is 11.8. The quantitative estimate of drug-likeness (QED) is 0.737. The Labute approximate surface area is 147 Å². The van der Waals surface area contributed by atoms with Crippen LogP contribution in [0.1, 0.15) is 5.56 Å². The second-order valence-corrected chi connectivity index (χ2v) is 6.76. The Morgan fingerprint density at radius 1 is 1.00 bits per heavy atom. The topological polar surface area (TPSA) is 81.7 Å². The molecule has 1 N–H and O–H groups in total. The zero-order valence-electron chi connectivity index (χ0n) is 13.2. The van der Waals surface area contributed by atoms with Crippen molar-refractivity contribution in [3.05, 3.63) is 60.2 Å². The van der Waals surface area contributed by atoms with Crippen molar-refractivity contribution in [1.82, 2.24) is 4.72 Å². The van der Waals surface area contributed by atoms with Crippen LogP contribution in [0.15, 0.2) is 59.5 Å². The van der Waals surface area contributed by atoms with Crippen molar-refractivity contribution >= 4 is 16.0 Å². The second kappa shape index (κ2) is 8.19. The van der Waals surface area contributed by atoms with Gasteiger partial charge >= 0.3 is 12.3 Å². The maximum atomic E-state index is 12.1. The highest BCUT2D eigenvalue weighted by Crippen LogP contribution is 2.23. The molecule has 0 saturated carbocycles. The predicted octanol–water partition coefficient (Wildman–Crippen LogP) is 2.61. The average molecular weight is 389 g/mol. The number of esters is 1. The number of ether oxygens (including phenoxy) is 2. The van der Waals surface area contributed by atoms with Gasteiger partial charge in [-0.05, 0) is 29.8 Å². The summed E-state index contributed by atoms with van der Waals surface area (Å²) in [5, 5.41) is 0. The first-order chi connectivity index (χ1) is 12.2. The number of alkyl halides is 3. The number of rotatable bonds is 7. The molecular formula is C16H14F3NO5S. The fraction of sp³-hybridized carbons (Fsp3) is 0.188. The molecule has 26 heavy (non-hydrogen) atoms. The van der Waals surface area contributed by atoms with Crippen LogP contribution in [0.5, 0.6) is 5.75 Å². The van der Waals surface area contributed by atoms with Gasteiger partial charge in [-0.1, -0.05) is 30.3 Å². The lowest BCUT2D eigenvalue weighted by Crippen LogP contribution is -2.30. The fourth-order valence-corrected chi connectivity index (χ4v) is 2.82. The van der Waals surface area contributed by atoms with Gasteiger partial charge in [0, 0.05) is 0 Å². The molecule has 6 nitrogen and oxygen atoms in total. The van der Waals surface area contributed by atoms with E-state index < -0.39 is 34.6 Å². The lowest BCUT2D eigenvalue weighted by atomic mass is 10.2. The third-order valence-electron chi connectivity index (χ3n) is 3.02. The van der Waals surface area contributed by atoms with Crippen LogP contribution in [0.25, 0.3) is 0 Å². The fourth-order valence-electron chi connectivity index (χ4n) is 1.85. The maximum Gasteiger partial charge on any atom is 0.573 e. The van der Waals surface area contributed by atoms with Gasteiger partial charge in [0.15, 0.2) is 0 Å². The van der Waals surface area contributed by atoms with Gasteiger partial charge in [-0.15, -0.1) is 13.2 Å². The van der Waals surface area contributed by atoms with Crippen LogP contribution in [-0.2, 0) is 26.2 Å². The van der Waals surface area contributed by atoms with Gasteiger partial charge in [0.2, 0.25) is 10.0 Å². The summed E-state index contributed by atoms with van der Waals surface area (Å²) in [6, 6.07) is 12.4. The summed E-state index contributed by atoms with van der Waals surface area (Å²) in [5.74, 6) is -1.35. The summed E-state index contributed by atoms with van der Waals surface area (Å²) in [6.07, 6.45) is -4.87. The van der Waals surface area contributed by atoms with Crippen LogP contribution in [0, 0.1) is 0 Å². The Bertz CT molecular complexity index is 836. The molecule has 0 spiro atoms. The lowest BCUT2D eigenvalue weighted by Gasteiger charge is -2.10. The molecule has 0 aliphatic heterocycles. The Kier molecular flexibility index (Phi) is 6.22. The minimum Gasteiger partial charge on any atom is -0.460 e. The van der Waals surface area contributed by atoms with Gasteiger partial charge in [-0.2, -0.15) is 4.72 Å². The minimum atomic E-state index is -4.87. The van der Waals surface area contributed by atoms with Gasteiger partial charge < -0.3 is 9.47 Å². The Hall–Kier alpha value is -2.59. The molecule has 0 heterocycles. The third-order valence-corrected chi connectivity index (χ3v) is 4.43. The smallest absolute Gasteiger partial charge is 0.460 e. The van der Waals surface area contributed by atoms with Gasteiger partial charge in [0.05, 0.1) is 4.90 Å². The minimum absolute atomic E-state index is 0.00905. The molecule has 0 aromatic heterocycles. The van der Waals surface area contributed by atoms with Crippen LogP contribution in [-0.4, -0.2) is 27.3 Å².